The van der Waals surface area contributed by atoms with Gasteiger partial charge >= 0.3 is 0 Å². The minimum absolute atomic E-state index is 0.444. The second-order valence-corrected chi connectivity index (χ2v) is 5.98. The molecular weight excluding hydrogens is 291 g/mol. The summed E-state index contributed by atoms with van der Waals surface area (Å²) in [7, 11) is 0. The van der Waals surface area contributed by atoms with E-state index in [0.717, 1.165) is 31.6 Å². The van der Waals surface area contributed by atoms with Crippen molar-refractivity contribution in [3.63, 3.8) is 0 Å². The second-order valence-electron chi connectivity index (χ2n) is 5.18. The molecule has 0 saturated carbocycles. The Hall–Kier alpha value is -1.09. The first-order valence-corrected chi connectivity index (χ1v) is 7.57. The van der Waals surface area contributed by atoms with Crippen molar-refractivity contribution in [1.82, 2.24) is 9.88 Å². The van der Waals surface area contributed by atoms with Gasteiger partial charge in [0.25, 0.3) is 0 Å². The minimum Gasteiger partial charge on any atom is -0.295 e. The molecule has 1 aromatic carbocycles. The second kappa shape index (κ2) is 6.13. The number of pyridine rings is 1. The van der Waals surface area contributed by atoms with Crippen molar-refractivity contribution in [2.75, 3.05) is 6.54 Å². The van der Waals surface area contributed by atoms with Gasteiger partial charge < -0.3 is 0 Å². The summed E-state index contributed by atoms with van der Waals surface area (Å²) in [6, 6.07) is 10.4. The van der Waals surface area contributed by atoms with Gasteiger partial charge in [-0.3, -0.25) is 4.90 Å². The van der Waals surface area contributed by atoms with Gasteiger partial charge in [-0.15, -0.1) is 0 Å². The first-order valence-electron chi connectivity index (χ1n) is 6.81. The number of benzene rings is 1. The van der Waals surface area contributed by atoms with E-state index >= 15 is 0 Å². The fraction of sp³-hybridized carbons (Fsp3) is 0.312. The lowest BCUT2D eigenvalue weighted by atomic mass is 10.0. The third kappa shape index (κ3) is 3.14. The van der Waals surface area contributed by atoms with E-state index in [1.807, 2.05) is 0 Å². The van der Waals surface area contributed by atoms with Crippen LogP contribution in [-0.2, 0) is 19.5 Å². The van der Waals surface area contributed by atoms with Crippen molar-refractivity contribution in [2.45, 2.75) is 25.9 Å². The number of halogens is 2. The highest BCUT2D eigenvalue weighted by Crippen LogP contribution is 2.23. The molecule has 2 heterocycles. The van der Waals surface area contributed by atoms with E-state index < -0.39 is 0 Å². The van der Waals surface area contributed by atoms with Crippen LogP contribution in [-0.4, -0.2) is 16.4 Å². The van der Waals surface area contributed by atoms with Gasteiger partial charge in [-0.2, -0.15) is 0 Å². The summed E-state index contributed by atoms with van der Waals surface area (Å²) in [5, 5.41) is 1.14. The molecule has 1 aliphatic rings. The van der Waals surface area contributed by atoms with Gasteiger partial charge in [0.15, 0.2) is 0 Å². The number of aromatic nitrogens is 1. The van der Waals surface area contributed by atoms with E-state index in [-0.39, 0.29) is 0 Å². The number of hydrogen-bond donors (Lipinski definition) is 0. The van der Waals surface area contributed by atoms with E-state index in [2.05, 4.69) is 34.1 Å². The summed E-state index contributed by atoms with van der Waals surface area (Å²) in [6.07, 6.45) is 4.11. The molecule has 0 N–H and O–H groups in total. The normalized spacial score (nSPS) is 15.7. The van der Waals surface area contributed by atoms with Crippen molar-refractivity contribution in [1.29, 1.82) is 0 Å². The molecule has 0 unspecified atom stereocenters. The molecular formula is C16H16Cl2N2. The van der Waals surface area contributed by atoms with E-state index in [4.69, 9.17) is 23.2 Å². The Labute approximate surface area is 129 Å². The topological polar surface area (TPSA) is 16.1 Å². The Kier molecular flexibility index (Phi) is 4.25. The van der Waals surface area contributed by atoms with Gasteiger partial charge in [0.2, 0.25) is 0 Å². The average molecular weight is 307 g/mol. The third-order valence-corrected chi connectivity index (χ3v) is 4.28. The van der Waals surface area contributed by atoms with Gasteiger partial charge in [-0.05, 0) is 36.6 Å². The average Bonchev–Trinajstić information content (AvgIpc) is 2.63. The first-order chi connectivity index (χ1) is 9.72. The molecule has 4 heteroatoms. The van der Waals surface area contributed by atoms with Crippen molar-refractivity contribution < 1.29 is 0 Å². The maximum Gasteiger partial charge on any atom is 0.130 e. The number of rotatable bonds is 2. The highest BCUT2D eigenvalue weighted by atomic mass is 35.5. The monoisotopic (exact) mass is 306 g/mol. The smallest absolute Gasteiger partial charge is 0.130 e. The zero-order valence-electron chi connectivity index (χ0n) is 11.1. The van der Waals surface area contributed by atoms with Crippen LogP contribution in [0.15, 0.2) is 36.5 Å². The number of hydrogen-bond acceptors (Lipinski definition) is 2. The molecule has 0 radical (unpaired) electrons. The Morgan fingerprint density at radius 2 is 1.95 bits per heavy atom. The van der Waals surface area contributed by atoms with Crippen LogP contribution in [0.5, 0.6) is 0 Å². The molecule has 104 valence electrons. The molecule has 0 bridgehead atoms. The predicted octanol–water partition coefficient (Wildman–Crippen LogP) is 4.34. The fourth-order valence-electron chi connectivity index (χ4n) is 2.70. The van der Waals surface area contributed by atoms with Crippen LogP contribution >= 0.6 is 23.2 Å². The van der Waals surface area contributed by atoms with Crippen LogP contribution in [0.1, 0.15) is 23.1 Å². The highest BCUT2D eigenvalue weighted by molar-refractivity contribution is 6.34. The molecule has 0 fully saturated rings. The summed E-state index contributed by atoms with van der Waals surface area (Å²) >= 11 is 12.1. The van der Waals surface area contributed by atoms with E-state index in [0.29, 0.717) is 10.2 Å². The lowest BCUT2D eigenvalue weighted by molar-refractivity contribution is 0.261. The Bertz CT molecular complexity index is 613. The standard InChI is InChI=1S/C16H16Cl2N2/c17-15-8-16(18)19-9-14(15)11-20-7-3-6-12-4-1-2-5-13(12)10-20/h1-2,4-5,8-9H,3,6-7,10-11H2. The zero-order valence-corrected chi connectivity index (χ0v) is 12.7. The van der Waals surface area contributed by atoms with Crippen molar-refractivity contribution >= 4 is 23.2 Å². The Balaban J connectivity index is 1.78. The van der Waals surface area contributed by atoms with Crippen molar-refractivity contribution in [3.8, 4) is 0 Å². The molecule has 1 aliphatic heterocycles. The van der Waals surface area contributed by atoms with E-state index in [1.54, 1.807) is 12.3 Å². The van der Waals surface area contributed by atoms with E-state index in [9.17, 15) is 0 Å². The molecule has 2 aromatic rings. The summed E-state index contributed by atoms with van der Waals surface area (Å²) < 4.78 is 0. The molecule has 20 heavy (non-hydrogen) atoms. The van der Waals surface area contributed by atoms with Crippen LogP contribution in [0.4, 0.5) is 0 Å². The molecule has 2 nitrogen and oxygen atoms in total. The molecule has 0 amide bonds. The van der Waals surface area contributed by atoms with Gasteiger partial charge in [0, 0.05) is 29.9 Å². The molecule has 0 aliphatic carbocycles. The summed E-state index contributed by atoms with van der Waals surface area (Å²) in [5.41, 5.74) is 3.92. The number of nitrogens with zero attached hydrogens (tertiary/aromatic N) is 2. The van der Waals surface area contributed by atoms with Crippen LogP contribution < -0.4 is 0 Å². The van der Waals surface area contributed by atoms with Crippen LogP contribution in [0.25, 0.3) is 0 Å². The van der Waals surface area contributed by atoms with E-state index in [1.165, 1.54) is 17.5 Å². The minimum atomic E-state index is 0.444. The summed E-state index contributed by atoms with van der Waals surface area (Å²) in [4.78, 5) is 6.55. The predicted molar refractivity (Wildman–Crippen MR) is 83.1 cm³/mol. The maximum absolute atomic E-state index is 6.24. The first kappa shape index (κ1) is 13.9. The molecule has 3 rings (SSSR count). The fourth-order valence-corrected chi connectivity index (χ4v) is 3.12. The van der Waals surface area contributed by atoms with Crippen molar-refractivity contribution in [3.05, 3.63) is 63.4 Å². The van der Waals surface area contributed by atoms with Crippen molar-refractivity contribution in [2.24, 2.45) is 0 Å². The van der Waals surface area contributed by atoms with Gasteiger partial charge in [-0.1, -0.05) is 47.5 Å². The quantitative estimate of drug-likeness (QED) is 0.767. The Morgan fingerprint density at radius 3 is 2.75 bits per heavy atom. The summed E-state index contributed by atoms with van der Waals surface area (Å²) in [5.74, 6) is 0. The zero-order chi connectivity index (χ0) is 13.9. The van der Waals surface area contributed by atoms with Gasteiger partial charge in [0.05, 0.1) is 0 Å². The molecule has 0 saturated heterocycles. The largest absolute Gasteiger partial charge is 0.295 e. The lowest BCUT2D eigenvalue weighted by Gasteiger charge is -2.21. The van der Waals surface area contributed by atoms with Crippen LogP contribution in [0.3, 0.4) is 0 Å². The number of aryl methyl sites for hydroxylation is 1. The SMILES string of the molecule is Clc1cc(Cl)c(CN2CCCc3ccccc3C2)cn1. The summed E-state index contributed by atoms with van der Waals surface area (Å²) in [6.45, 7) is 2.86. The Morgan fingerprint density at radius 1 is 1.15 bits per heavy atom. The van der Waals surface area contributed by atoms with Crippen LogP contribution in [0.2, 0.25) is 10.2 Å². The maximum atomic E-state index is 6.24. The lowest BCUT2D eigenvalue weighted by Crippen LogP contribution is -2.23. The number of fused-ring (bicyclic) bond motifs is 1. The van der Waals surface area contributed by atoms with Crippen LogP contribution in [0, 0.1) is 0 Å². The molecule has 0 atom stereocenters. The molecule has 1 aromatic heterocycles. The van der Waals surface area contributed by atoms with Gasteiger partial charge in [-0.25, -0.2) is 4.98 Å². The van der Waals surface area contributed by atoms with Gasteiger partial charge in [0.1, 0.15) is 5.15 Å². The molecule has 0 spiro atoms. The third-order valence-electron chi connectivity index (χ3n) is 3.72. The highest BCUT2D eigenvalue weighted by Gasteiger charge is 2.15.